The fraction of sp³-hybridized carbons (Fsp3) is 0.500. The van der Waals surface area contributed by atoms with Gasteiger partial charge in [0.25, 0.3) is 5.91 Å². The molecule has 0 bridgehead atoms. The van der Waals surface area contributed by atoms with Gasteiger partial charge in [-0.3, -0.25) is 9.59 Å². The van der Waals surface area contributed by atoms with Crippen molar-refractivity contribution in [2.75, 3.05) is 20.2 Å². The molecule has 0 saturated carbocycles. The summed E-state index contributed by atoms with van der Waals surface area (Å²) in [6.45, 7) is 0.134. The first kappa shape index (κ1) is 19.2. The van der Waals surface area contributed by atoms with E-state index in [4.69, 9.17) is 20.5 Å². The third-order valence-electron chi connectivity index (χ3n) is 4.66. The van der Waals surface area contributed by atoms with Gasteiger partial charge in [-0.1, -0.05) is 6.42 Å². The molecule has 1 aliphatic heterocycles. The van der Waals surface area contributed by atoms with Crippen molar-refractivity contribution in [1.29, 1.82) is 0 Å². The number of ether oxygens (including phenoxy) is 1. The third-order valence-corrected chi connectivity index (χ3v) is 4.66. The monoisotopic (exact) mass is 350 g/mol. The predicted molar refractivity (Wildman–Crippen MR) is 91.2 cm³/mol. The highest BCUT2D eigenvalue weighted by Crippen LogP contribution is 2.31. The zero-order valence-corrected chi connectivity index (χ0v) is 14.1. The molecule has 5 N–H and O–H groups in total. The smallest absolute Gasteiger partial charge is 0.451 e. The second kappa shape index (κ2) is 7.86. The number of nitrogens with two attached hydrogens (primary N) is 1. The van der Waals surface area contributed by atoms with Gasteiger partial charge >= 0.3 is 13.1 Å². The van der Waals surface area contributed by atoms with E-state index in [1.807, 2.05) is 0 Å². The molecule has 136 valence electrons. The number of hydrogen-bond acceptors (Lipinski definition) is 6. The number of carbonyl (C=O) groups is 2. The Balaban J connectivity index is 2.11. The van der Waals surface area contributed by atoms with Crippen molar-refractivity contribution < 1.29 is 29.5 Å². The fourth-order valence-electron chi connectivity index (χ4n) is 3.15. The first-order valence-corrected chi connectivity index (χ1v) is 8.09. The highest BCUT2D eigenvalue weighted by molar-refractivity contribution is 6.40. The average molecular weight is 350 g/mol. The van der Waals surface area contributed by atoms with Gasteiger partial charge in [0.1, 0.15) is 11.3 Å². The molecule has 0 radical (unpaired) electrons. The molecule has 2 unspecified atom stereocenters. The van der Waals surface area contributed by atoms with Crippen LogP contribution in [0.2, 0.25) is 6.32 Å². The van der Waals surface area contributed by atoms with Crippen molar-refractivity contribution in [3.05, 3.63) is 29.8 Å². The lowest BCUT2D eigenvalue weighted by Crippen LogP contribution is -2.55. The Labute approximate surface area is 146 Å². The maximum atomic E-state index is 12.6. The van der Waals surface area contributed by atoms with Gasteiger partial charge in [0.2, 0.25) is 0 Å². The summed E-state index contributed by atoms with van der Waals surface area (Å²) in [5.41, 5.74) is 4.97. The zero-order valence-electron chi connectivity index (χ0n) is 14.1. The minimum Gasteiger partial charge on any atom is -0.497 e. The van der Waals surface area contributed by atoms with E-state index < -0.39 is 24.5 Å². The van der Waals surface area contributed by atoms with E-state index in [9.17, 15) is 14.7 Å². The van der Waals surface area contributed by atoms with Crippen LogP contribution in [0.15, 0.2) is 24.3 Å². The minimum atomic E-state index is -1.54. The second-order valence-electron chi connectivity index (χ2n) is 6.37. The van der Waals surface area contributed by atoms with Gasteiger partial charge in [0.05, 0.1) is 13.7 Å². The van der Waals surface area contributed by atoms with Gasteiger partial charge in [0.15, 0.2) is 0 Å². The fourth-order valence-corrected chi connectivity index (χ4v) is 3.15. The molecule has 1 aliphatic rings. The Bertz CT molecular complexity index is 624. The summed E-state index contributed by atoms with van der Waals surface area (Å²) in [5, 5.41) is 27.4. The average Bonchev–Trinajstić information content (AvgIpc) is 2.92. The molecule has 2 rings (SSSR count). The molecule has 2 atom stereocenters. The number of hydrogen-bond donors (Lipinski definition) is 4. The molecule has 0 aromatic heterocycles. The predicted octanol–water partition coefficient (Wildman–Crippen LogP) is -0.198. The molecule has 1 heterocycles. The van der Waals surface area contributed by atoms with Crippen LogP contribution >= 0.6 is 0 Å². The van der Waals surface area contributed by atoms with Crippen LogP contribution in [0.25, 0.3) is 0 Å². The van der Waals surface area contributed by atoms with Crippen LogP contribution in [0.1, 0.15) is 23.2 Å². The van der Waals surface area contributed by atoms with Crippen molar-refractivity contribution in [2.24, 2.45) is 11.7 Å². The van der Waals surface area contributed by atoms with E-state index in [-0.39, 0.29) is 25.3 Å². The molecule has 9 heteroatoms. The Morgan fingerprint density at radius 2 is 2.00 bits per heavy atom. The molecule has 1 saturated heterocycles. The summed E-state index contributed by atoms with van der Waals surface area (Å²) in [5.74, 6) is -1.28. The minimum absolute atomic E-state index is 0.0838. The first-order valence-electron chi connectivity index (χ1n) is 8.09. The summed E-state index contributed by atoms with van der Waals surface area (Å²) >= 11 is 0. The Morgan fingerprint density at radius 3 is 2.52 bits per heavy atom. The third kappa shape index (κ3) is 4.30. The van der Waals surface area contributed by atoms with Crippen molar-refractivity contribution in [3.8, 4) is 5.75 Å². The number of carbonyl (C=O) groups excluding carboxylic acids is 1. The zero-order chi connectivity index (χ0) is 18.6. The topological polar surface area (TPSA) is 133 Å². The van der Waals surface area contributed by atoms with Gasteiger partial charge < -0.3 is 30.5 Å². The van der Waals surface area contributed by atoms with Crippen LogP contribution in [0.3, 0.4) is 0 Å². The number of likely N-dealkylation sites (tertiary alicyclic amines) is 1. The summed E-state index contributed by atoms with van der Waals surface area (Å²) in [6.07, 6.45) is 0.949. The van der Waals surface area contributed by atoms with E-state index in [0.717, 1.165) is 0 Å². The van der Waals surface area contributed by atoms with E-state index in [0.29, 0.717) is 24.2 Å². The van der Waals surface area contributed by atoms with Crippen LogP contribution in [0.5, 0.6) is 5.75 Å². The number of methoxy groups -OCH3 is 1. The van der Waals surface area contributed by atoms with Crippen LogP contribution in [-0.2, 0) is 4.79 Å². The Kier molecular flexibility index (Phi) is 6.04. The highest BCUT2D eigenvalue weighted by Gasteiger charge is 2.50. The highest BCUT2D eigenvalue weighted by atomic mass is 16.5. The maximum Gasteiger partial charge on any atom is 0.451 e. The van der Waals surface area contributed by atoms with E-state index in [1.165, 1.54) is 12.0 Å². The lowest BCUT2D eigenvalue weighted by Gasteiger charge is -2.25. The molecular formula is C16H23BN2O6. The molecule has 25 heavy (non-hydrogen) atoms. The second-order valence-corrected chi connectivity index (χ2v) is 6.37. The van der Waals surface area contributed by atoms with Gasteiger partial charge in [-0.25, -0.2) is 0 Å². The number of carboxylic acid groups (broad SMARTS) is 1. The lowest BCUT2D eigenvalue weighted by atomic mass is 9.78. The Morgan fingerprint density at radius 1 is 1.36 bits per heavy atom. The van der Waals surface area contributed by atoms with E-state index in [2.05, 4.69) is 0 Å². The number of benzene rings is 1. The van der Waals surface area contributed by atoms with Gasteiger partial charge in [-0.2, -0.15) is 0 Å². The van der Waals surface area contributed by atoms with Crippen LogP contribution < -0.4 is 10.5 Å². The maximum absolute atomic E-state index is 12.6. The van der Waals surface area contributed by atoms with Crippen molar-refractivity contribution in [3.63, 3.8) is 0 Å². The lowest BCUT2D eigenvalue weighted by molar-refractivity contribution is -0.144. The molecular weight excluding hydrogens is 327 g/mol. The quantitative estimate of drug-likeness (QED) is 0.501. The molecule has 1 fully saturated rings. The molecule has 1 amide bonds. The number of carboxylic acids is 1. The standard InChI is InChI=1S/C16H23BN2O6/c1-25-13-6-4-11(5-7-13)14(20)19-9-12(3-2-8-17(23)24)16(18,10-19)15(21)22/h4-7,12,23-24H,2-3,8-10,18H2,1H3,(H,21,22). The summed E-state index contributed by atoms with van der Waals surface area (Å²) in [4.78, 5) is 25.7. The van der Waals surface area contributed by atoms with Crippen molar-refractivity contribution >= 4 is 19.0 Å². The number of aliphatic carboxylic acids is 1. The van der Waals surface area contributed by atoms with Crippen LogP contribution in [0.4, 0.5) is 0 Å². The van der Waals surface area contributed by atoms with Crippen LogP contribution in [-0.4, -0.2) is 64.8 Å². The molecule has 8 nitrogen and oxygen atoms in total. The van der Waals surface area contributed by atoms with Gasteiger partial charge in [-0.15, -0.1) is 0 Å². The van der Waals surface area contributed by atoms with Crippen molar-refractivity contribution in [1.82, 2.24) is 4.90 Å². The number of nitrogens with zero attached hydrogens (tertiary/aromatic N) is 1. The SMILES string of the molecule is COc1ccc(C(=O)N2CC(CCCB(O)O)C(N)(C(=O)O)C2)cc1. The largest absolute Gasteiger partial charge is 0.497 e. The Hall–Kier alpha value is -2.10. The molecule has 0 aliphatic carbocycles. The van der Waals surface area contributed by atoms with Gasteiger partial charge in [0, 0.05) is 18.0 Å². The van der Waals surface area contributed by atoms with Crippen molar-refractivity contribution in [2.45, 2.75) is 24.7 Å². The first-order chi connectivity index (χ1) is 11.8. The number of rotatable bonds is 7. The molecule has 0 spiro atoms. The summed E-state index contributed by atoms with van der Waals surface area (Å²) in [7, 11) is 0.0938. The molecule has 1 aromatic rings. The van der Waals surface area contributed by atoms with Crippen LogP contribution in [0, 0.1) is 5.92 Å². The van der Waals surface area contributed by atoms with E-state index in [1.54, 1.807) is 24.3 Å². The number of amides is 1. The van der Waals surface area contributed by atoms with E-state index >= 15 is 0 Å². The normalized spacial score (nSPS) is 22.7. The molecule has 1 aromatic carbocycles. The summed E-state index contributed by atoms with van der Waals surface area (Å²) in [6, 6.07) is 6.57. The summed E-state index contributed by atoms with van der Waals surface area (Å²) < 4.78 is 5.06. The van der Waals surface area contributed by atoms with Gasteiger partial charge in [-0.05, 0) is 37.0 Å².